The highest BCUT2D eigenvalue weighted by atomic mass is 35.5. The van der Waals surface area contributed by atoms with E-state index in [1.165, 1.54) is 0 Å². The van der Waals surface area contributed by atoms with Crippen LogP contribution in [0.3, 0.4) is 0 Å². The van der Waals surface area contributed by atoms with E-state index in [1.807, 2.05) is 26.1 Å². The molecule has 0 aliphatic carbocycles. The molecule has 2 rings (SSSR count). The molecule has 1 unspecified atom stereocenters. The highest BCUT2D eigenvalue weighted by Gasteiger charge is 2.06. The molecule has 0 aromatic carbocycles. The summed E-state index contributed by atoms with van der Waals surface area (Å²) in [7, 11) is 1.91. The van der Waals surface area contributed by atoms with Gasteiger partial charge in [-0.2, -0.15) is 5.10 Å². The van der Waals surface area contributed by atoms with Gasteiger partial charge in [-0.1, -0.05) is 11.6 Å². The number of hydrogen-bond acceptors (Lipinski definition) is 3. The summed E-state index contributed by atoms with van der Waals surface area (Å²) in [6.45, 7) is 3.95. The zero-order valence-electron chi connectivity index (χ0n) is 10.1. The summed E-state index contributed by atoms with van der Waals surface area (Å²) in [6.07, 6.45) is 3.58. The van der Waals surface area contributed by atoms with Gasteiger partial charge < -0.3 is 5.32 Å². The minimum absolute atomic E-state index is 0.243. The van der Waals surface area contributed by atoms with E-state index in [2.05, 4.69) is 22.3 Å². The number of aromatic nitrogens is 3. The Balaban J connectivity index is 2.29. The molecule has 2 aromatic heterocycles. The summed E-state index contributed by atoms with van der Waals surface area (Å²) in [5.74, 6) is 0. The molecule has 0 aliphatic heterocycles. The average molecular weight is 251 g/mol. The van der Waals surface area contributed by atoms with Crippen molar-refractivity contribution < 1.29 is 0 Å². The zero-order valence-corrected chi connectivity index (χ0v) is 10.9. The SMILES string of the molecule is CNC(C)c1ccc(-n2cc(Cl)c(C)n2)cn1. The maximum absolute atomic E-state index is 5.97. The Hall–Kier alpha value is -1.39. The van der Waals surface area contributed by atoms with E-state index in [0.717, 1.165) is 17.1 Å². The molecule has 4 nitrogen and oxygen atoms in total. The number of halogens is 1. The van der Waals surface area contributed by atoms with Crippen molar-refractivity contribution in [1.29, 1.82) is 0 Å². The van der Waals surface area contributed by atoms with Gasteiger partial charge >= 0.3 is 0 Å². The Morgan fingerprint density at radius 1 is 1.41 bits per heavy atom. The molecule has 1 atom stereocenters. The molecule has 5 heteroatoms. The van der Waals surface area contributed by atoms with Gasteiger partial charge in [-0.15, -0.1) is 0 Å². The van der Waals surface area contributed by atoms with Crippen LogP contribution in [0, 0.1) is 6.92 Å². The molecule has 17 heavy (non-hydrogen) atoms. The Morgan fingerprint density at radius 2 is 2.18 bits per heavy atom. The number of nitrogens with zero attached hydrogens (tertiary/aromatic N) is 3. The van der Waals surface area contributed by atoms with Gasteiger partial charge in [0, 0.05) is 12.2 Å². The van der Waals surface area contributed by atoms with Crippen molar-refractivity contribution in [3.63, 3.8) is 0 Å². The molecule has 0 saturated carbocycles. The van der Waals surface area contributed by atoms with Gasteiger partial charge in [0.2, 0.25) is 0 Å². The van der Waals surface area contributed by atoms with Gasteiger partial charge in [0.05, 0.1) is 28.3 Å². The molecule has 0 radical (unpaired) electrons. The molecule has 0 bridgehead atoms. The Bertz CT molecular complexity index is 484. The second kappa shape index (κ2) is 4.85. The summed E-state index contributed by atoms with van der Waals surface area (Å²) in [4.78, 5) is 4.40. The topological polar surface area (TPSA) is 42.7 Å². The molecule has 0 aliphatic rings. The standard InChI is InChI=1S/C12H15ClN4/c1-8-11(13)7-17(16-8)10-4-5-12(15-6-10)9(2)14-3/h4-7,9,14H,1-3H3. The van der Waals surface area contributed by atoms with Gasteiger partial charge in [-0.3, -0.25) is 4.98 Å². The van der Waals surface area contributed by atoms with E-state index in [0.29, 0.717) is 5.02 Å². The highest BCUT2D eigenvalue weighted by Crippen LogP contribution is 2.17. The van der Waals surface area contributed by atoms with Crippen molar-refractivity contribution in [3.05, 3.63) is 40.9 Å². The van der Waals surface area contributed by atoms with Crippen molar-refractivity contribution >= 4 is 11.6 Å². The first-order valence-corrected chi connectivity index (χ1v) is 5.85. The fourth-order valence-corrected chi connectivity index (χ4v) is 1.64. The van der Waals surface area contributed by atoms with Crippen LogP contribution in [0.4, 0.5) is 0 Å². The predicted octanol–water partition coefficient (Wildman–Crippen LogP) is 2.51. The van der Waals surface area contributed by atoms with E-state index in [1.54, 1.807) is 17.1 Å². The van der Waals surface area contributed by atoms with Crippen LogP contribution in [0.25, 0.3) is 5.69 Å². The van der Waals surface area contributed by atoms with Crippen LogP contribution in [0.2, 0.25) is 5.02 Å². The fraction of sp³-hybridized carbons (Fsp3) is 0.333. The number of pyridine rings is 1. The van der Waals surface area contributed by atoms with Crippen molar-refractivity contribution in [2.75, 3.05) is 7.05 Å². The van der Waals surface area contributed by atoms with Crippen LogP contribution in [0.15, 0.2) is 24.5 Å². The summed E-state index contributed by atoms with van der Waals surface area (Å²) >= 11 is 5.97. The van der Waals surface area contributed by atoms with E-state index in [9.17, 15) is 0 Å². The van der Waals surface area contributed by atoms with Crippen molar-refractivity contribution in [1.82, 2.24) is 20.1 Å². The summed E-state index contributed by atoms with van der Waals surface area (Å²) in [6, 6.07) is 4.22. The van der Waals surface area contributed by atoms with Gasteiger partial charge in [0.25, 0.3) is 0 Å². The van der Waals surface area contributed by atoms with Crippen molar-refractivity contribution in [2.24, 2.45) is 0 Å². The Morgan fingerprint density at radius 3 is 2.65 bits per heavy atom. The lowest BCUT2D eigenvalue weighted by atomic mass is 10.2. The quantitative estimate of drug-likeness (QED) is 0.910. The van der Waals surface area contributed by atoms with Crippen molar-refractivity contribution in [3.8, 4) is 5.69 Å². The maximum Gasteiger partial charge on any atom is 0.0829 e. The largest absolute Gasteiger partial charge is 0.312 e. The van der Waals surface area contributed by atoms with E-state index >= 15 is 0 Å². The van der Waals surface area contributed by atoms with Crippen LogP contribution in [0.1, 0.15) is 24.4 Å². The lowest BCUT2D eigenvalue weighted by Gasteiger charge is -2.09. The average Bonchev–Trinajstić information content (AvgIpc) is 2.69. The van der Waals surface area contributed by atoms with Gasteiger partial charge in [-0.25, -0.2) is 4.68 Å². The third-order valence-electron chi connectivity index (χ3n) is 2.75. The molecular formula is C12H15ClN4. The van der Waals surface area contributed by atoms with E-state index < -0.39 is 0 Å². The van der Waals surface area contributed by atoms with E-state index in [-0.39, 0.29) is 6.04 Å². The maximum atomic E-state index is 5.97. The normalized spacial score (nSPS) is 12.7. The summed E-state index contributed by atoms with van der Waals surface area (Å²) in [5, 5.41) is 8.12. The molecular weight excluding hydrogens is 236 g/mol. The lowest BCUT2D eigenvalue weighted by molar-refractivity contribution is 0.632. The first-order chi connectivity index (χ1) is 8.11. The second-order valence-corrected chi connectivity index (χ2v) is 4.37. The predicted molar refractivity (Wildman–Crippen MR) is 68.6 cm³/mol. The molecule has 0 saturated heterocycles. The Labute approximate surface area is 106 Å². The summed E-state index contributed by atoms with van der Waals surface area (Å²) < 4.78 is 1.73. The number of nitrogens with one attached hydrogen (secondary N) is 1. The third-order valence-corrected chi connectivity index (χ3v) is 3.12. The van der Waals surface area contributed by atoms with Crippen molar-refractivity contribution in [2.45, 2.75) is 19.9 Å². The molecule has 1 N–H and O–H groups in total. The summed E-state index contributed by atoms with van der Waals surface area (Å²) in [5.41, 5.74) is 2.73. The van der Waals surface area contributed by atoms with Gasteiger partial charge in [0.1, 0.15) is 0 Å². The minimum atomic E-state index is 0.243. The van der Waals surface area contributed by atoms with Gasteiger partial charge in [-0.05, 0) is 33.0 Å². The minimum Gasteiger partial charge on any atom is -0.312 e. The van der Waals surface area contributed by atoms with Gasteiger partial charge in [0.15, 0.2) is 0 Å². The fourth-order valence-electron chi connectivity index (χ4n) is 1.51. The highest BCUT2D eigenvalue weighted by molar-refractivity contribution is 6.31. The first kappa shape index (κ1) is 12.1. The number of aryl methyl sites for hydroxylation is 1. The van der Waals surface area contributed by atoms with Crippen LogP contribution >= 0.6 is 11.6 Å². The Kier molecular flexibility index (Phi) is 3.45. The molecule has 0 amide bonds. The molecule has 2 aromatic rings. The lowest BCUT2D eigenvalue weighted by Crippen LogP contribution is -2.13. The smallest absolute Gasteiger partial charge is 0.0829 e. The molecule has 0 spiro atoms. The zero-order chi connectivity index (χ0) is 12.4. The van der Waals surface area contributed by atoms with Crippen LogP contribution in [-0.2, 0) is 0 Å². The molecule has 2 heterocycles. The number of hydrogen-bond donors (Lipinski definition) is 1. The van der Waals surface area contributed by atoms with Crippen LogP contribution < -0.4 is 5.32 Å². The first-order valence-electron chi connectivity index (χ1n) is 5.47. The third kappa shape index (κ3) is 2.48. The second-order valence-electron chi connectivity index (χ2n) is 3.96. The molecule has 0 fully saturated rings. The van der Waals surface area contributed by atoms with Crippen LogP contribution in [0.5, 0.6) is 0 Å². The number of rotatable bonds is 3. The molecule has 90 valence electrons. The van der Waals surface area contributed by atoms with Crippen LogP contribution in [-0.4, -0.2) is 21.8 Å². The van der Waals surface area contributed by atoms with E-state index in [4.69, 9.17) is 11.6 Å². The monoisotopic (exact) mass is 250 g/mol.